The first-order valence-electron chi connectivity index (χ1n) is 8.85. The van der Waals surface area contributed by atoms with Gasteiger partial charge in [0.15, 0.2) is 0 Å². The number of hydrogen-bond donors (Lipinski definition) is 2. The van der Waals surface area contributed by atoms with Crippen molar-refractivity contribution in [1.29, 1.82) is 0 Å². The number of carbonyl (C=O) groups excluding carboxylic acids is 3. The van der Waals surface area contributed by atoms with Crippen LogP contribution in [0.3, 0.4) is 0 Å². The highest BCUT2D eigenvalue weighted by Gasteiger charge is 2.33. The number of nitrogens with one attached hydrogen (secondary N) is 1. The number of primary amides is 1. The zero-order chi connectivity index (χ0) is 21.3. The van der Waals surface area contributed by atoms with Gasteiger partial charge in [0.05, 0.1) is 10.5 Å². The van der Waals surface area contributed by atoms with Crippen LogP contribution in [0, 0.1) is 0 Å². The van der Waals surface area contributed by atoms with Gasteiger partial charge < -0.3 is 11.1 Å². The van der Waals surface area contributed by atoms with Crippen molar-refractivity contribution in [3.8, 4) is 0 Å². The lowest BCUT2D eigenvalue weighted by atomic mass is 10.1. The lowest BCUT2D eigenvalue weighted by molar-refractivity contribution is -0.126. The molecule has 4 rings (SSSR count). The van der Waals surface area contributed by atoms with Crippen molar-refractivity contribution in [2.45, 2.75) is 0 Å². The summed E-state index contributed by atoms with van der Waals surface area (Å²) in [6.07, 6.45) is 1.74. The number of amides is 3. The van der Waals surface area contributed by atoms with Gasteiger partial charge in [-0.2, -0.15) is 0 Å². The minimum absolute atomic E-state index is 0.247. The number of nitrogens with zero attached hydrogens (tertiary/aromatic N) is 1. The molecule has 6 nitrogen and oxygen atoms in total. The molecule has 0 unspecified atom stereocenters. The highest BCUT2D eigenvalue weighted by Crippen LogP contribution is 2.36. The van der Waals surface area contributed by atoms with Crippen LogP contribution in [-0.2, 0) is 9.59 Å². The van der Waals surface area contributed by atoms with Crippen LogP contribution in [0.2, 0.25) is 0 Å². The van der Waals surface area contributed by atoms with E-state index in [9.17, 15) is 14.4 Å². The maximum Gasteiger partial charge on any atom is 0.266 e. The third-order valence-corrected chi connectivity index (χ3v) is 6.83. The van der Waals surface area contributed by atoms with Crippen LogP contribution < -0.4 is 11.1 Å². The quantitative estimate of drug-likeness (QED) is 0.452. The monoisotopic (exact) mass is 453 g/mol. The van der Waals surface area contributed by atoms with Crippen LogP contribution in [0.1, 0.15) is 15.9 Å². The van der Waals surface area contributed by atoms with Crippen molar-refractivity contribution in [3.05, 3.63) is 70.6 Å². The van der Waals surface area contributed by atoms with E-state index in [1.54, 1.807) is 18.2 Å². The molecular weight excluding hydrogens is 438 g/mol. The average molecular weight is 454 g/mol. The SMILES string of the molecule is NC(=O)c1c(NC(=O)CN2C(=O)/C(=C\c3ccccc3)SC2=S)sc2ccccc12. The molecule has 0 spiro atoms. The molecule has 3 aromatic rings. The van der Waals surface area contributed by atoms with Gasteiger partial charge in [0.2, 0.25) is 5.91 Å². The Balaban J connectivity index is 1.52. The lowest BCUT2D eigenvalue weighted by Gasteiger charge is -2.14. The molecular formula is C21H15N3O3S3. The normalized spacial score (nSPS) is 15.2. The molecule has 9 heteroatoms. The second-order valence-corrected chi connectivity index (χ2v) is 9.12. The van der Waals surface area contributed by atoms with Crippen molar-refractivity contribution in [3.63, 3.8) is 0 Å². The summed E-state index contributed by atoms with van der Waals surface area (Å²) < 4.78 is 1.14. The molecule has 30 heavy (non-hydrogen) atoms. The summed E-state index contributed by atoms with van der Waals surface area (Å²) in [4.78, 5) is 39.0. The first kappa shape index (κ1) is 20.3. The van der Waals surface area contributed by atoms with Crippen LogP contribution in [0.5, 0.6) is 0 Å². The van der Waals surface area contributed by atoms with E-state index in [0.29, 0.717) is 19.6 Å². The van der Waals surface area contributed by atoms with E-state index < -0.39 is 11.8 Å². The highest BCUT2D eigenvalue weighted by molar-refractivity contribution is 8.26. The number of thioether (sulfide) groups is 1. The Morgan fingerprint density at radius 3 is 2.53 bits per heavy atom. The number of carbonyl (C=O) groups is 3. The second-order valence-electron chi connectivity index (χ2n) is 6.39. The molecule has 0 saturated carbocycles. The summed E-state index contributed by atoms with van der Waals surface area (Å²) in [6, 6.07) is 16.7. The maximum atomic E-state index is 12.7. The fourth-order valence-electron chi connectivity index (χ4n) is 3.02. The van der Waals surface area contributed by atoms with Gasteiger partial charge in [-0.15, -0.1) is 11.3 Å². The van der Waals surface area contributed by atoms with Gasteiger partial charge in [0.1, 0.15) is 15.9 Å². The van der Waals surface area contributed by atoms with Crippen LogP contribution in [-0.4, -0.2) is 33.5 Å². The van der Waals surface area contributed by atoms with E-state index in [4.69, 9.17) is 18.0 Å². The second kappa shape index (κ2) is 8.39. The Morgan fingerprint density at radius 1 is 1.10 bits per heavy atom. The van der Waals surface area contributed by atoms with Gasteiger partial charge in [-0.25, -0.2) is 0 Å². The van der Waals surface area contributed by atoms with Crippen molar-refractivity contribution in [1.82, 2.24) is 4.90 Å². The lowest BCUT2D eigenvalue weighted by Crippen LogP contribution is -2.36. The van der Waals surface area contributed by atoms with Gasteiger partial charge in [0, 0.05) is 10.1 Å². The Labute approximate surface area is 185 Å². The van der Waals surface area contributed by atoms with Gasteiger partial charge in [0.25, 0.3) is 11.8 Å². The molecule has 2 heterocycles. The number of nitrogens with two attached hydrogens (primary N) is 1. The summed E-state index contributed by atoms with van der Waals surface area (Å²) in [5.41, 5.74) is 6.66. The van der Waals surface area contributed by atoms with Gasteiger partial charge in [-0.05, 0) is 17.7 Å². The van der Waals surface area contributed by atoms with E-state index in [1.807, 2.05) is 42.5 Å². The molecule has 1 aromatic heterocycles. The minimum atomic E-state index is -0.626. The topological polar surface area (TPSA) is 92.5 Å². The Bertz CT molecular complexity index is 1220. The van der Waals surface area contributed by atoms with Crippen molar-refractivity contribution < 1.29 is 14.4 Å². The molecule has 1 fully saturated rings. The van der Waals surface area contributed by atoms with E-state index in [1.165, 1.54) is 16.2 Å². The summed E-state index contributed by atoms with van der Waals surface area (Å²) in [6.45, 7) is -0.247. The van der Waals surface area contributed by atoms with Gasteiger partial charge >= 0.3 is 0 Å². The van der Waals surface area contributed by atoms with E-state index in [-0.39, 0.29) is 18.0 Å². The first-order valence-corrected chi connectivity index (χ1v) is 10.9. The third kappa shape index (κ3) is 4.00. The predicted octanol–water partition coefficient (Wildman–Crippen LogP) is 3.84. The number of hydrogen-bond acceptors (Lipinski definition) is 6. The molecule has 1 saturated heterocycles. The molecule has 2 aromatic carbocycles. The van der Waals surface area contributed by atoms with E-state index >= 15 is 0 Å². The number of rotatable bonds is 5. The molecule has 0 aliphatic carbocycles. The number of benzene rings is 2. The molecule has 3 N–H and O–H groups in total. The van der Waals surface area contributed by atoms with Crippen LogP contribution >= 0.6 is 35.3 Å². The number of anilines is 1. The molecule has 1 aliphatic rings. The predicted molar refractivity (Wildman–Crippen MR) is 125 cm³/mol. The standard InChI is InChI=1S/C21H15N3O3S3/c22-18(26)17-13-8-4-5-9-14(13)29-19(17)23-16(25)11-24-20(27)15(30-21(24)28)10-12-6-2-1-3-7-12/h1-10H,11H2,(H2,22,26)(H,23,25)/b15-10+. The fraction of sp³-hybridized carbons (Fsp3) is 0.0476. The van der Waals surface area contributed by atoms with Gasteiger partial charge in [-0.3, -0.25) is 19.3 Å². The largest absolute Gasteiger partial charge is 0.365 e. The van der Waals surface area contributed by atoms with Crippen molar-refractivity contribution in [2.24, 2.45) is 5.73 Å². The number of fused-ring (bicyclic) bond motifs is 1. The van der Waals surface area contributed by atoms with E-state index in [0.717, 1.165) is 22.0 Å². The van der Waals surface area contributed by atoms with Crippen LogP contribution in [0.15, 0.2) is 59.5 Å². The summed E-state index contributed by atoms with van der Waals surface area (Å²) in [5.74, 6) is -1.41. The molecule has 3 amide bonds. The Kier molecular flexibility index (Phi) is 5.67. The summed E-state index contributed by atoms with van der Waals surface area (Å²) in [7, 11) is 0. The van der Waals surface area contributed by atoms with Crippen molar-refractivity contribution in [2.75, 3.05) is 11.9 Å². The molecule has 0 bridgehead atoms. The minimum Gasteiger partial charge on any atom is -0.365 e. The zero-order valence-electron chi connectivity index (χ0n) is 15.5. The highest BCUT2D eigenvalue weighted by atomic mass is 32.2. The average Bonchev–Trinajstić information content (AvgIpc) is 3.21. The Morgan fingerprint density at radius 2 is 1.80 bits per heavy atom. The fourth-order valence-corrected chi connectivity index (χ4v) is 5.40. The first-order chi connectivity index (χ1) is 14.4. The summed E-state index contributed by atoms with van der Waals surface area (Å²) in [5, 5.41) is 3.75. The smallest absolute Gasteiger partial charge is 0.266 e. The number of thiocarbonyl (C=S) groups is 1. The summed E-state index contributed by atoms with van der Waals surface area (Å²) >= 11 is 7.70. The molecule has 0 atom stereocenters. The Hall–Kier alpha value is -3.01. The molecule has 150 valence electrons. The zero-order valence-corrected chi connectivity index (χ0v) is 17.9. The van der Waals surface area contributed by atoms with Crippen LogP contribution in [0.4, 0.5) is 5.00 Å². The number of thiophene rings is 1. The maximum absolute atomic E-state index is 12.7. The van der Waals surface area contributed by atoms with Crippen LogP contribution in [0.25, 0.3) is 16.2 Å². The van der Waals surface area contributed by atoms with Crippen molar-refractivity contribution >= 4 is 78.5 Å². The molecule has 0 radical (unpaired) electrons. The molecule has 1 aliphatic heterocycles. The van der Waals surface area contributed by atoms with Gasteiger partial charge in [-0.1, -0.05) is 72.5 Å². The van der Waals surface area contributed by atoms with E-state index in [2.05, 4.69) is 5.32 Å². The third-order valence-electron chi connectivity index (χ3n) is 4.37.